The largest absolute Gasteiger partial charge is 0.334 e. The Bertz CT molecular complexity index is 995. The lowest BCUT2D eigenvalue weighted by atomic mass is 10.1. The van der Waals surface area contributed by atoms with E-state index >= 15 is 0 Å². The van der Waals surface area contributed by atoms with Gasteiger partial charge in [-0.3, -0.25) is 0 Å². The van der Waals surface area contributed by atoms with Gasteiger partial charge in [0.05, 0.1) is 44.2 Å². The van der Waals surface area contributed by atoms with Crippen molar-refractivity contribution in [2.75, 3.05) is 32.7 Å². The molecule has 1 fully saturated rings. The number of quaternary nitrogens is 1. The number of amides is 2. The molecule has 1 heterocycles. The highest BCUT2D eigenvalue weighted by Gasteiger charge is 2.35. The first-order valence-corrected chi connectivity index (χ1v) is 11.9. The van der Waals surface area contributed by atoms with E-state index in [2.05, 4.69) is 6.92 Å². The average Bonchev–Trinajstić information content (AvgIpc) is 2.74. The van der Waals surface area contributed by atoms with E-state index in [1.54, 1.807) is 29.2 Å². The number of sulfonamides is 1. The predicted octanol–water partition coefficient (Wildman–Crippen LogP) is 2.14. The van der Waals surface area contributed by atoms with Crippen molar-refractivity contribution < 1.29 is 18.1 Å². The second-order valence-electron chi connectivity index (χ2n) is 8.13. The highest BCUT2D eigenvalue weighted by atomic mass is 32.2. The van der Waals surface area contributed by atoms with Crippen molar-refractivity contribution in [3.63, 3.8) is 0 Å². The highest BCUT2D eigenvalue weighted by molar-refractivity contribution is 7.89. The lowest BCUT2D eigenvalue weighted by Gasteiger charge is -2.35. The Morgan fingerprint density at radius 2 is 1.60 bits per heavy atom. The zero-order valence-electron chi connectivity index (χ0n) is 18.3. The van der Waals surface area contributed by atoms with E-state index in [0.29, 0.717) is 13.1 Å². The van der Waals surface area contributed by atoms with Gasteiger partial charge in [-0.2, -0.15) is 0 Å². The van der Waals surface area contributed by atoms with E-state index in [4.69, 9.17) is 0 Å². The van der Waals surface area contributed by atoms with Gasteiger partial charge in [0, 0.05) is 0 Å². The number of nitrogens with one attached hydrogen (secondary N) is 1. The van der Waals surface area contributed by atoms with Gasteiger partial charge in [-0.1, -0.05) is 41.5 Å². The summed E-state index contributed by atoms with van der Waals surface area (Å²) in [5.41, 5.74) is 3.82. The molecule has 1 saturated heterocycles. The smallest absolute Gasteiger partial charge is 0.332 e. The second-order valence-corrected chi connectivity index (χ2v) is 9.99. The second kappa shape index (κ2) is 9.18. The van der Waals surface area contributed by atoms with Crippen LogP contribution in [-0.4, -0.2) is 56.4 Å². The molecule has 2 aromatic carbocycles. The first kappa shape index (κ1) is 22.3. The molecule has 2 amide bonds. The van der Waals surface area contributed by atoms with E-state index in [-0.39, 0.29) is 11.4 Å². The number of urea groups is 1. The van der Waals surface area contributed by atoms with Gasteiger partial charge in [0.2, 0.25) is 0 Å². The van der Waals surface area contributed by atoms with Gasteiger partial charge < -0.3 is 9.80 Å². The van der Waals surface area contributed by atoms with Gasteiger partial charge in [0.25, 0.3) is 10.0 Å². The predicted molar refractivity (Wildman–Crippen MR) is 118 cm³/mol. The van der Waals surface area contributed by atoms with Crippen LogP contribution in [0.1, 0.15) is 29.2 Å². The van der Waals surface area contributed by atoms with Gasteiger partial charge in [0.1, 0.15) is 0 Å². The summed E-state index contributed by atoms with van der Waals surface area (Å²) in [5.74, 6) is 0. The fraction of sp³-hybridized carbons (Fsp3) is 0.435. The van der Waals surface area contributed by atoms with Crippen LogP contribution in [0.15, 0.2) is 47.4 Å². The fourth-order valence-corrected chi connectivity index (χ4v) is 5.11. The minimum Gasteiger partial charge on any atom is -0.332 e. The number of aryl methyl sites for hydroxylation is 3. The summed E-state index contributed by atoms with van der Waals surface area (Å²) in [6.45, 7) is 11.8. The van der Waals surface area contributed by atoms with Crippen molar-refractivity contribution in [2.45, 2.75) is 39.1 Å². The van der Waals surface area contributed by atoms with E-state index < -0.39 is 16.1 Å². The van der Waals surface area contributed by atoms with Gasteiger partial charge >= 0.3 is 6.03 Å². The van der Waals surface area contributed by atoms with E-state index in [1.165, 1.54) is 4.90 Å². The molecule has 0 aromatic heterocycles. The molecule has 0 unspecified atom stereocenters. The molecule has 0 saturated carbocycles. The quantitative estimate of drug-likeness (QED) is 0.791. The summed E-state index contributed by atoms with van der Waals surface area (Å²) in [7, 11) is -3.98. The molecule has 6 nitrogen and oxygen atoms in total. The molecule has 0 spiro atoms. The standard InChI is InChI=1S/C23H31N3O3S/c1-5-24-12-14-25(15-13-24)23(27)26(17-21-16-19(3)6-9-20(21)4)30(28,29)22-10-7-18(2)8-11-22/h6-11,16H,5,12-15,17H2,1-4H3/p+1. The van der Waals surface area contributed by atoms with Crippen molar-refractivity contribution in [2.24, 2.45) is 0 Å². The molecule has 2 aromatic rings. The third-order valence-corrected chi connectivity index (χ3v) is 7.62. The minimum atomic E-state index is -3.98. The highest BCUT2D eigenvalue weighted by Crippen LogP contribution is 2.23. The molecule has 1 N–H and O–H groups in total. The van der Waals surface area contributed by atoms with Gasteiger partial charge in [-0.15, -0.1) is 0 Å². The first-order chi connectivity index (χ1) is 14.2. The van der Waals surface area contributed by atoms with Crippen LogP contribution in [-0.2, 0) is 16.6 Å². The molecule has 0 radical (unpaired) electrons. The lowest BCUT2D eigenvalue weighted by molar-refractivity contribution is -0.902. The maximum absolute atomic E-state index is 13.5. The molecule has 1 aliphatic heterocycles. The normalized spacial score (nSPS) is 15.3. The summed E-state index contributed by atoms with van der Waals surface area (Å²) in [5, 5.41) is 0. The van der Waals surface area contributed by atoms with Gasteiger partial charge in [0.15, 0.2) is 0 Å². The Kier molecular flexibility index (Phi) is 6.83. The van der Waals surface area contributed by atoms with Crippen LogP contribution in [0, 0.1) is 20.8 Å². The van der Waals surface area contributed by atoms with Crippen LogP contribution in [0.25, 0.3) is 0 Å². The van der Waals surface area contributed by atoms with Crippen LogP contribution >= 0.6 is 0 Å². The maximum Gasteiger partial charge on any atom is 0.334 e. The van der Waals surface area contributed by atoms with Crippen LogP contribution < -0.4 is 4.90 Å². The Balaban J connectivity index is 1.96. The molecule has 1 aliphatic rings. The van der Waals surface area contributed by atoms with Crippen molar-refractivity contribution in [3.05, 3.63) is 64.7 Å². The number of piperazine rings is 1. The number of hydrogen-bond donors (Lipinski definition) is 1. The number of carbonyl (C=O) groups excluding carboxylic acids is 1. The molecule has 3 rings (SSSR count). The number of likely N-dealkylation sites (N-methyl/N-ethyl adjacent to an activating group) is 1. The number of benzene rings is 2. The molecule has 162 valence electrons. The number of hydrogen-bond acceptors (Lipinski definition) is 3. The maximum atomic E-state index is 13.5. The Labute approximate surface area is 180 Å². The first-order valence-electron chi connectivity index (χ1n) is 10.5. The summed E-state index contributed by atoms with van der Waals surface area (Å²) in [6, 6.07) is 12.2. The fourth-order valence-electron chi connectivity index (χ4n) is 3.74. The number of carbonyl (C=O) groups is 1. The average molecular weight is 431 g/mol. The van der Waals surface area contributed by atoms with E-state index in [0.717, 1.165) is 46.2 Å². The minimum absolute atomic E-state index is 0.0312. The summed E-state index contributed by atoms with van der Waals surface area (Å²) in [4.78, 5) is 16.7. The molecule has 0 atom stereocenters. The zero-order chi connectivity index (χ0) is 21.9. The zero-order valence-corrected chi connectivity index (χ0v) is 19.1. The van der Waals surface area contributed by atoms with Crippen molar-refractivity contribution in [3.8, 4) is 0 Å². The third-order valence-electron chi connectivity index (χ3n) is 5.88. The molecule has 30 heavy (non-hydrogen) atoms. The molecule has 0 aliphatic carbocycles. The van der Waals surface area contributed by atoms with Crippen LogP contribution in [0.3, 0.4) is 0 Å². The molecular formula is C23H32N3O3S+. The lowest BCUT2D eigenvalue weighted by Crippen LogP contribution is -3.14. The van der Waals surface area contributed by atoms with Crippen LogP contribution in [0.5, 0.6) is 0 Å². The summed E-state index contributed by atoms with van der Waals surface area (Å²) in [6.07, 6.45) is 0. The van der Waals surface area contributed by atoms with Crippen LogP contribution in [0.2, 0.25) is 0 Å². The number of rotatable bonds is 5. The van der Waals surface area contributed by atoms with E-state index in [9.17, 15) is 13.2 Å². The molecule has 0 bridgehead atoms. The Morgan fingerprint density at radius 1 is 1.00 bits per heavy atom. The summed E-state index contributed by atoms with van der Waals surface area (Å²) < 4.78 is 28.1. The van der Waals surface area contributed by atoms with Crippen molar-refractivity contribution in [1.29, 1.82) is 0 Å². The van der Waals surface area contributed by atoms with Crippen molar-refractivity contribution in [1.82, 2.24) is 9.21 Å². The summed E-state index contributed by atoms with van der Waals surface area (Å²) >= 11 is 0. The molecule has 7 heteroatoms. The SMILES string of the molecule is CC[NH+]1CCN(C(=O)N(Cc2cc(C)ccc2C)S(=O)(=O)c2ccc(C)cc2)CC1. The Hall–Kier alpha value is -2.38. The van der Waals surface area contributed by atoms with Crippen molar-refractivity contribution >= 4 is 16.1 Å². The van der Waals surface area contributed by atoms with E-state index in [1.807, 2.05) is 39.0 Å². The molecular weight excluding hydrogens is 398 g/mol. The number of nitrogens with zero attached hydrogens (tertiary/aromatic N) is 2. The monoisotopic (exact) mass is 430 g/mol. The topological polar surface area (TPSA) is 62.1 Å². The van der Waals surface area contributed by atoms with Gasteiger partial charge in [-0.25, -0.2) is 17.5 Å². The van der Waals surface area contributed by atoms with Crippen LogP contribution in [0.4, 0.5) is 4.79 Å². The third kappa shape index (κ3) is 4.84. The Morgan fingerprint density at radius 3 is 2.20 bits per heavy atom. The van der Waals surface area contributed by atoms with Gasteiger partial charge in [-0.05, 0) is 51.0 Å².